The average molecular weight is 391 g/mol. The minimum absolute atomic E-state index is 0.223. The molecule has 156 valence electrons. The molecule has 4 saturated carbocycles. The van der Waals surface area contributed by atoms with Crippen molar-refractivity contribution in [1.29, 1.82) is 0 Å². The summed E-state index contributed by atoms with van der Waals surface area (Å²) in [6.45, 7) is 5.45. The second kappa shape index (κ2) is 6.65. The zero-order valence-electron chi connectivity index (χ0n) is 17.5. The van der Waals surface area contributed by atoms with Crippen LogP contribution in [0.1, 0.15) is 78.6 Å². The molecule has 1 N–H and O–H groups in total. The molecule has 0 aromatic heterocycles. The predicted molar refractivity (Wildman–Crippen MR) is 103 cm³/mol. The van der Waals surface area contributed by atoms with Crippen molar-refractivity contribution in [2.45, 2.75) is 84.2 Å². The molecule has 0 aliphatic heterocycles. The average Bonchev–Trinajstić information content (AvgIpc) is 2.92. The van der Waals surface area contributed by atoms with Crippen LogP contribution in [0.4, 0.5) is 0 Å². The fraction of sp³-hybridized carbons (Fsp3) is 0.870. The zero-order chi connectivity index (χ0) is 20.3. The monoisotopic (exact) mass is 390 g/mol. The highest BCUT2D eigenvalue weighted by Gasteiger charge is 2.66. The van der Waals surface area contributed by atoms with Gasteiger partial charge in [0.2, 0.25) is 5.78 Å². The van der Waals surface area contributed by atoms with E-state index in [2.05, 4.69) is 13.8 Å². The van der Waals surface area contributed by atoms with E-state index in [0.29, 0.717) is 42.3 Å². The van der Waals surface area contributed by atoms with Crippen LogP contribution in [-0.4, -0.2) is 34.9 Å². The fourth-order valence-corrected chi connectivity index (χ4v) is 7.81. The number of fused-ring (bicyclic) bond motifs is 5. The largest absolute Gasteiger partial charge is 0.458 e. The summed E-state index contributed by atoms with van der Waals surface area (Å²) < 4.78 is 4.93. The van der Waals surface area contributed by atoms with Gasteiger partial charge in [0.05, 0.1) is 0 Å². The summed E-state index contributed by atoms with van der Waals surface area (Å²) >= 11 is 0. The normalized spacial score (nSPS) is 47.6. The Morgan fingerprint density at radius 1 is 1.07 bits per heavy atom. The third-order valence-electron chi connectivity index (χ3n) is 9.50. The molecule has 28 heavy (non-hydrogen) atoms. The molecular weight excluding hydrogens is 356 g/mol. The maximum atomic E-state index is 12.9. The number of carbonyl (C=O) groups is 3. The Balaban J connectivity index is 1.57. The lowest BCUT2D eigenvalue weighted by Crippen LogP contribution is -2.59. The van der Waals surface area contributed by atoms with Crippen molar-refractivity contribution in [2.24, 2.45) is 34.5 Å². The van der Waals surface area contributed by atoms with Gasteiger partial charge in [-0.25, -0.2) is 0 Å². The van der Waals surface area contributed by atoms with Gasteiger partial charge in [0.25, 0.3) is 0 Å². The first-order valence-corrected chi connectivity index (χ1v) is 11.0. The SMILES string of the molecule is CC(=O)OCC(=O)[C@@]1(O)CC[C@H]2[C@H]3CC[C@H]4CC(=O)CC[C@]4(C)[C@@H]3CC[C@@]21C. The van der Waals surface area contributed by atoms with Crippen LogP contribution in [-0.2, 0) is 19.1 Å². The molecule has 4 aliphatic rings. The van der Waals surface area contributed by atoms with Crippen molar-refractivity contribution in [2.75, 3.05) is 6.61 Å². The molecule has 0 bridgehead atoms. The van der Waals surface area contributed by atoms with E-state index in [1.54, 1.807) is 0 Å². The van der Waals surface area contributed by atoms with E-state index < -0.39 is 17.0 Å². The Bertz CT molecular complexity index is 701. The van der Waals surface area contributed by atoms with Gasteiger partial charge < -0.3 is 9.84 Å². The first kappa shape index (κ1) is 20.1. The maximum absolute atomic E-state index is 12.9. The van der Waals surface area contributed by atoms with Crippen LogP contribution in [0.15, 0.2) is 0 Å². The van der Waals surface area contributed by atoms with E-state index in [-0.39, 0.29) is 17.8 Å². The molecule has 4 fully saturated rings. The highest BCUT2D eigenvalue weighted by atomic mass is 16.5. The molecule has 0 aromatic carbocycles. The molecule has 5 nitrogen and oxygen atoms in total. The van der Waals surface area contributed by atoms with Gasteiger partial charge in [-0.1, -0.05) is 13.8 Å². The molecule has 0 amide bonds. The van der Waals surface area contributed by atoms with Gasteiger partial charge in [-0.3, -0.25) is 14.4 Å². The van der Waals surface area contributed by atoms with Crippen LogP contribution < -0.4 is 0 Å². The first-order valence-electron chi connectivity index (χ1n) is 11.0. The molecule has 0 radical (unpaired) electrons. The Morgan fingerprint density at radius 3 is 2.50 bits per heavy atom. The Hall–Kier alpha value is -1.23. The van der Waals surface area contributed by atoms with Crippen molar-refractivity contribution >= 4 is 17.5 Å². The number of Topliss-reactive ketones (excluding diaryl/α,β-unsaturated/α-hetero) is 2. The lowest BCUT2D eigenvalue weighted by Gasteiger charge is -2.60. The number of ether oxygens (including phenoxy) is 1. The summed E-state index contributed by atoms with van der Waals surface area (Å²) in [6.07, 6.45) is 7.82. The van der Waals surface area contributed by atoms with Gasteiger partial charge >= 0.3 is 5.97 Å². The fourth-order valence-electron chi connectivity index (χ4n) is 7.81. The summed E-state index contributed by atoms with van der Waals surface area (Å²) in [4.78, 5) is 36.0. The minimum Gasteiger partial charge on any atom is -0.458 e. The Morgan fingerprint density at radius 2 is 1.79 bits per heavy atom. The van der Waals surface area contributed by atoms with Crippen LogP contribution in [0, 0.1) is 34.5 Å². The van der Waals surface area contributed by atoms with Gasteiger partial charge in [0.15, 0.2) is 6.61 Å². The maximum Gasteiger partial charge on any atom is 0.303 e. The van der Waals surface area contributed by atoms with Gasteiger partial charge in [0, 0.05) is 25.2 Å². The number of carbonyl (C=O) groups excluding carboxylic acids is 3. The molecule has 0 heterocycles. The molecule has 0 aromatic rings. The lowest BCUT2D eigenvalue weighted by atomic mass is 9.44. The summed E-state index contributed by atoms with van der Waals surface area (Å²) in [5.41, 5.74) is -1.61. The third kappa shape index (κ3) is 2.72. The number of ketones is 2. The van der Waals surface area contributed by atoms with Gasteiger partial charge in [-0.05, 0) is 74.0 Å². The second-order valence-corrected chi connectivity index (χ2v) is 10.5. The van der Waals surface area contributed by atoms with Crippen molar-refractivity contribution in [3.63, 3.8) is 0 Å². The van der Waals surface area contributed by atoms with E-state index in [0.717, 1.165) is 44.9 Å². The predicted octanol–water partition coefficient (Wildman–Crippen LogP) is 3.46. The van der Waals surface area contributed by atoms with Crippen LogP contribution in [0.25, 0.3) is 0 Å². The van der Waals surface area contributed by atoms with Crippen molar-refractivity contribution in [3.8, 4) is 0 Å². The third-order valence-corrected chi connectivity index (χ3v) is 9.50. The molecule has 0 unspecified atom stereocenters. The minimum atomic E-state index is -1.39. The van der Waals surface area contributed by atoms with Crippen molar-refractivity contribution < 1.29 is 24.2 Å². The van der Waals surface area contributed by atoms with Crippen LogP contribution in [0.5, 0.6) is 0 Å². The quantitative estimate of drug-likeness (QED) is 0.747. The molecule has 4 aliphatic carbocycles. The molecule has 0 spiro atoms. The van der Waals surface area contributed by atoms with E-state index in [4.69, 9.17) is 4.74 Å². The van der Waals surface area contributed by atoms with Crippen LogP contribution in [0.3, 0.4) is 0 Å². The number of rotatable bonds is 3. The van der Waals surface area contributed by atoms with Gasteiger partial charge in [-0.15, -0.1) is 0 Å². The summed E-state index contributed by atoms with van der Waals surface area (Å²) in [5, 5.41) is 11.5. The summed E-state index contributed by atoms with van der Waals surface area (Å²) in [7, 11) is 0. The number of aliphatic hydroxyl groups is 1. The molecule has 0 saturated heterocycles. The van der Waals surface area contributed by atoms with E-state index in [1.165, 1.54) is 6.92 Å². The summed E-state index contributed by atoms with van der Waals surface area (Å²) in [6, 6.07) is 0. The molecule has 7 atom stereocenters. The van der Waals surface area contributed by atoms with E-state index in [1.807, 2.05) is 0 Å². The molecular formula is C23H34O5. The summed E-state index contributed by atoms with van der Waals surface area (Å²) in [5.74, 6) is 1.53. The number of esters is 1. The van der Waals surface area contributed by atoms with Crippen LogP contribution in [0.2, 0.25) is 0 Å². The second-order valence-electron chi connectivity index (χ2n) is 10.5. The topological polar surface area (TPSA) is 80.7 Å². The van der Waals surface area contributed by atoms with Gasteiger partial charge in [0.1, 0.15) is 11.4 Å². The Labute approximate surface area is 167 Å². The van der Waals surface area contributed by atoms with E-state index in [9.17, 15) is 19.5 Å². The van der Waals surface area contributed by atoms with E-state index >= 15 is 0 Å². The first-order chi connectivity index (χ1) is 13.1. The van der Waals surface area contributed by atoms with Crippen molar-refractivity contribution in [1.82, 2.24) is 0 Å². The highest BCUT2D eigenvalue weighted by molar-refractivity contribution is 5.91. The standard InChI is InChI=1S/C23H34O5/c1-14(24)28-13-20(26)23(27)11-8-19-17-5-4-15-12-16(25)6-9-21(15,2)18(17)7-10-22(19,23)3/h15,17-19,27H,4-13H2,1-3H3/t15-,17-,18+,19-,21-,22-,23-/m0/s1. The highest BCUT2D eigenvalue weighted by Crippen LogP contribution is 2.68. The zero-order valence-corrected chi connectivity index (χ0v) is 17.5. The number of hydrogen-bond acceptors (Lipinski definition) is 5. The smallest absolute Gasteiger partial charge is 0.303 e. The van der Waals surface area contributed by atoms with Gasteiger partial charge in [-0.2, -0.15) is 0 Å². The Kier molecular flexibility index (Phi) is 4.76. The lowest BCUT2D eigenvalue weighted by molar-refractivity contribution is -0.175. The number of hydrogen-bond donors (Lipinski definition) is 1. The van der Waals surface area contributed by atoms with Crippen molar-refractivity contribution in [3.05, 3.63) is 0 Å². The molecule has 4 rings (SSSR count). The van der Waals surface area contributed by atoms with Crippen LogP contribution >= 0.6 is 0 Å². The molecule has 5 heteroatoms.